The molecule has 0 spiro atoms. The van der Waals surface area contributed by atoms with E-state index < -0.39 is 11.3 Å². The molecule has 0 fully saturated rings. The van der Waals surface area contributed by atoms with Crippen LogP contribution in [0.3, 0.4) is 0 Å². The lowest BCUT2D eigenvalue weighted by Crippen LogP contribution is -2.11. The maximum atomic E-state index is 11.7. The third-order valence-electron chi connectivity index (χ3n) is 5.64. The van der Waals surface area contributed by atoms with E-state index in [2.05, 4.69) is 0 Å². The highest BCUT2D eigenvalue weighted by atomic mass is 35.5. The molecule has 2 heterocycles. The molecule has 10 heteroatoms. The summed E-state index contributed by atoms with van der Waals surface area (Å²) in [5.74, 6) is 0.961. The topological polar surface area (TPSA) is 131 Å². The maximum absolute atomic E-state index is 11.7. The van der Waals surface area contributed by atoms with Crippen molar-refractivity contribution >= 4 is 50.8 Å². The Morgan fingerprint density at radius 3 is 2.23 bits per heavy atom. The third kappa shape index (κ3) is 7.11. The summed E-state index contributed by atoms with van der Waals surface area (Å²) in [4.78, 5) is 23.2. The largest absolute Gasteiger partial charge is 0.492 e. The van der Waals surface area contributed by atoms with Crippen LogP contribution in [0.4, 0.5) is 5.69 Å². The first-order valence-electron chi connectivity index (χ1n) is 12.0. The van der Waals surface area contributed by atoms with Crippen LogP contribution in [0.1, 0.15) is 17.5 Å². The van der Waals surface area contributed by atoms with E-state index in [0.29, 0.717) is 74.5 Å². The number of anilines is 1. The van der Waals surface area contributed by atoms with E-state index in [-0.39, 0.29) is 0 Å². The minimum absolute atomic E-state index is 0.302. The minimum atomic E-state index is -0.465. The lowest BCUT2D eigenvalue weighted by Gasteiger charge is -2.10. The second-order valence-electron chi connectivity index (χ2n) is 8.58. The quantitative estimate of drug-likeness (QED) is 0.137. The van der Waals surface area contributed by atoms with Crippen molar-refractivity contribution in [3.8, 4) is 11.5 Å². The Kier molecular flexibility index (Phi) is 9.14. The molecule has 0 aliphatic rings. The van der Waals surface area contributed by atoms with Gasteiger partial charge in [0, 0.05) is 15.7 Å². The third-order valence-corrected chi connectivity index (χ3v) is 6.11. The molecule has 5 aromatic rings. The summed E-state index contributed by atoms with van der Waals surface area (Å²) < 4.78 is 21.6. The predicted octanol–water partition coefficient (Wildman–Crippen LogP) is 6.09. The van der Waals surface area contributed by atoms with Gasteiger partial charge in [0.25, 0.3) is 0 Å². The number of hydrogen-bond acceptors (Lipinski definition) is 8. The zero-order valence-corrected chi connectivity index (χ0v) is 22.6. The molecule has 8 nitrogen and oxygen atoms in total. The Hall–Kier alpha value is -3.98. The molecule has 0 amide bonds. The van der Waals surface area contributed by atoms with Gasteiger partial charge in [0.15, 0.2) is 0 Å². The van der Waals surface area contributed by atoms with Crippen molar-refractivity contribution in [2.75, 3.05) is 18.9 Å². The molecule has 2 aromatic heterocycles. The van der Waals surface area contributed by atoms with Gasteiger partial charge < -0.3 is 29.8 Å². The van der Waals surface area contributed by atoms with Crippen LogP contribution < -0.4 is 32.2 Å². The Bertz CT molecular complexity index is 1730. The van der Waals surface area contributed by atoms with Crippen molar-refractivity contribution in [3.63, 3.8) is 0 Å². The number of ether oxygens (including phenoxy) is 2. The molecule has 0 atom stereocenters. The smallest absolute Gasteiger partial charge is 0.342 e. The van der Waals surface area contributed by atoms with Crippen LogP contribution in [0.25, 0.3) is 21.9 Å². The molecular weight excluding hydrogens is 543 g/mol. The number of benzene rings is 3. The van der Waals surface area contributed by atoms with Gasteiger partial charge in [-0.15, -0.1) is 0 Å². The van der Waals surface area contributed by atoms with Gasteiger partial charge in [0.2, 0.25) is 0 Å². The van der Waals surface area contributed by atoms with E-state index in [1.165, 1.54) is 6.07 Å². The highest BCUT2D eigenvalue weighted by Crippen LogP contribution is 2.30. The number of hydrogen-bond donors (Lipinski definition) is 2. The van der Waals surface area contributed by atoms with Crippen molar-refractivity contribution in [3.05, 3.63) is 109 Å². The van der Waals surface area contributed by atoms with Gasteiger partial charge in [-0.2, -0.15) is 0 Å². The summed E-state index contributed by atoms with van der Waals surface area (Å²) in [5, 5.41) is 2.48. The number of nitrogens with two attached hydrogens (primary N) is 2. The minimum Gasteiger partial charge on any atom is -0.492 e. The normalized spacial score (nSPS) is 10.8. The SMILES string of the molecule is Cc1c(OCCCN)c2cc(Cl)ccc2oc1=O.Nc1cccc(COc2cc(=O)oc3ccc(Cl)cc23)c1. The predicted molar refractivity (Wildman–Crippen MR) is 154 cm³/mol. The van der Waals surface area contributed by atoms with E-state index in [1.807, 2.05) is 18.2 Å². The van der Waals surface area contributed by atoms with Crippen molar-refractivity contribution in [1.29, 1.82) is 0 Å². The van der Waals surface area contributed by atoms with E-state index in [0.717, 1.165) is 12.0 Å². The van der Waals surface area contributed by atoms with E-state index in [9.17, 15) is 9.59 Å². The highest BCUT2D eigenvalue weighted by molar-refractivity contribution is 6.31. The van der Waals surface area contributed by atoms with Crippen molar-refractivity contribution in [2.45, 2.75) is 20.0 Å². The summed E-state index contributed by atoms with van der Waals surface area (Å²) in [6, 6.07) is 18.8. The van der Waals surface area contributed by atoms with Gasteiger partial charge in [0.1, 0.15) is 29.3 Å². The average Bonchev–Trinajstić information content (AvgIpc) is 2.91. The summed E-state index contributed by atoms with van der Waals surface area (Å²) in [5.41, 5.74) is 13.2. The number of halogens is 2. The number of fused-ring (bicyclic) bond motifs is 2. The monoisotopic (exact) mass is 568 g/mol. The van der Waals surface area contributed by atoms with Gasteiger partial charge in [0.05, 0.1) is 29.0 Å². The van der Waals surface area contributed by atoms with Gasteiger partial charge in [-0.25, -0.2) is 9.59 Å². The summed E-state index contributed by atoms with van der Waals surface area (Å²) >= 11 is 11.9. The molecule has 39 heavy (non-hydrogen) atoms. The fraction of sp³-hybridized carbons (Fsp3) is 0.172. The fourth-order valence-electron chi connectivity index (χ4n) is 3.75. The molecule has 5 rings (SSSR count). The van der Waals surface area contributed by atoms with Gasteiger partial charge in [-0.05, 0) is 74.0 Å². The van der Waals surface area contributed by atoms with Crippen LogP contribution in [0.15, 0.2) is 85.2 Å². The summed E-state index contributed by atoms with van der Waals surface area (Å²) in [6.07, 6.45) is 0.724. The second-order valence-corrected chi connectivity index (χ2v) is 9.45. The Labute approximate surface area is 233 Å². The van der Waals surface area contributed by atoms with E-state index in [4.69, 9.17) is 53.0 Å². The average molecular weight is 569 g/mol. The summed E-state index contributed by atoms with van der Waals surface area (Å²) in [7, 11) is 0. The van der Waals surface area contributed by atoms with Crippen molar-refractivity contribution < 1.29 is 18.3 Å². The highest BCUT2D eigenvalue weighted by Gasteiger charge is 2.13. The standard InChI is InChI=1S/C16H12ClNO3.C13H14ClNO3/c17-11-4-5-14-13(7-11)15(8-16(19)21-14)20-9-10-2-1-3-12(18)6-10;1-8-12(17-6-2-5-15)10-7-9(14)3-4-11(10)18-13(8)16/h1-8H,9,18H2;3-4,7H,2,5-6,15H2,1H3. The van der Waals surface area contributed by atoms with Crippen molar-refractivity contribution in [2.24, 2.45) is 5.73 Å². The van der Waals surface area contributed by atoms with E-state index >= 15 is 0 Å². The second kappa shape index (κ2) is 12.7. The first-order chi connectivity index (χ1) is 18.7. The molecule has 0 saturated heterocycles. The van der Waals surface area contributed by atoms with Crippen LogP contribution >= 0.6 is 23.2 Å². The number of nitrogen functional groups attached to an aromatic ring is 1. The molecular formula is C29H26Cl2N2O6. The molecule has 0 saturated carbocycles. The lowest BCUT2D eigenvalue weighted by molar-refractivity contribution is 0.307. The van der Waals surface area contributed by atoms with Crippen LogP contribution in [-0.2, 0) is 6.61 Å². The first-order valence-corrected chi connectivity index (χ1v) is 12.8. The zero-order valence-electron chi connectivity index (χ0n) is 21.0. The molecule has 202 valence electrons. The Morgan fingerprint density at radius 2 is 1.54 bits per heavy atom. The van der Waals surface area contributed by atoms with Crippen LogP contribution in [0.5, 0.6) is 11.5 Å². The Morgan fingerprint density at radius 1 is 0.846 bits per heavy atom. The zero-order chi connectivity index (χ0) is 27.9. The van der Waals surface area contributed by atoms with Crippen molar-refractivity contribution in [1.82, 2.24) is 0 Å². The summed E-state index contributed by atoms with van der Waals surface area (Å²) in [6.45, 7) is 2.97. The molecule has 0 aliphatic heterocycles. The molecule has 0 radical (unpaired) electrons. The first kappa shape index (κ1) is 28.0. The van der Waals surface area contributed by atoms with Gasteiger partial charge in [-0.1, -0.05) is 35.3 Å². The van der Waals surface area contributed by atoms with Crippen LogP contribution in [0.2, 0.25) is 10.0 Å². The van der Waals surface area contributed by atoms with Gasteiger partial charge in [-0.3, -0.25) is 0 Å². The lowest BCUT2D eigenvalue weighted by atomic mass is 10.1. The van der Waals surface area contributed by atoms with Gasteiger partial charge >= 0.3 is 11.3 Å². The molecule has 0 aliphatic carbocycles. The van der Waals surface area contributed by atoms with Crippen LogP contribution in [0, 0.1) is 6.92 Å². The Balaban J connectivity index is 0.000000183. The molecule has 4 N–H and O–H groups in total. The maximum Gasteiger partial charge on any atom is 0.342 e. The molecule has 0 unspecified atom stereocenters. The molecule has 3 aromatic carbocycles. The fourth-order valence-corrected chi connectivity index (χ4v) is 4.10. The molecule has 0 bridgehead atoms. The number of rotatable bonds is 7. The van der Waals surface area contributed by atoms with Crippen LogP contribution in [-0.4, -0.2) is 13.2 Å². The van der Waals surface area contributed by atoms with E-state index in [1.54, 1.807) is 49.4 Å².